The molecule has 0 unspecified atom stereocenters. The summed E-state index contributed by atoms with van der Waals surface area (Å²) in [5.41, 5.74) is 1.14. The van der Waals surface area contributed by atoms with E-state index in [0.717, 1.165) is 5.69 Å². The summed E-state index contributed by atoms with van der Waals surface area (Å²) in [4.78, 5) is 10.8. The monoisotopic (exact) mass is 187 g/mol. The van der Waals surface area contributed by atoms with Crippen LogP contribution in [0.15, 0.2) is 36.4 Å². The van der Waals surface area contributed by atoms with Crippen molar-refractivity contribution in [2.45, 2.75) is 0 Å². The van der Waals surface area contributed by atoms with Gasteiger partial charge in [-0.2, -0.15) is 0 Å². The third-order valence-electron chi connectivity index (χ3n) is 2.00. The SMILES string of the molecule is O=C(O)c1ccc2n1C=CC=CC=C2. The number of aromatic carboxylic acids is 1. The van der Waals surface area contributed by atoms with Gasteiger partial charge in [0.2, 0.25) is 0 Å². The number of aromatic nitrogens is 1. The fourth-order valence-electron chi connectivity index (χ4n) is 1.36. The lowest BCUT2D eigenvalue weighted by Crippen LogP contribution is -2.04. The van der Waals surface area contributed by atoms with E-state index >= 15 is 0 Å². The van der Waals surface area contributed by atoms with Gasteiger partial charge in [0.15, 0.2) is 0 Å². The first-order chi connectivity index (χ1) is 6.79. The Bertz CT molecular complexity index is 450. The minimum absolute atomic E-state index is 0.274. The number of nitrogens with zero attached hydrogens (tertiary/aromatic N) is 1. The predicted molar refractivity (Wildman–Crippen MR) is 54.9 cm³/mol. The highest BCUT2D eigenvalue weighted by atomic mass is 16.4. The summed E-state index contributed by atoms with van der Waals surface area (Å²) in [6, 6.07) is 3.38. The number of fused-ring (bicyclic) bond motifs is 1. The summed E-state index contributed by atoms with van der Waals surface area (Å²) < 4.78 is 1.64. The van der Waals surface area contributed by atoms with Gasteiger partial charge in [0.25, 0.3) is 0 Å². The van der Waals surface area contributed by atoms with Crippen LogP contribution in [0.1, 0.15) is 16.2 Å². The smallest absolute Gasteiger partial charge is 0.352 e. The highest BCUT2D eigenvalue weighted by Gasteiger charge is 2.10. The fraction of sp³-hybridized carbons (Fsp3) is 0. The quantitative estimate of drug-likeness (QED) is 0.732. The second-order valence-electron chi connectivity index (χ2n) is 2.90. The number of carboxylic acid groups (broad SMARTS) is 1. The van der Waals surface area contributed by atoms with Gasteiger partial charge >= 0.3 is 5.97 Å². The van der Waals surface area contributed by atoms with E-state index < -0.39 is 5.97 Å². The Kier molecular flexibility index (Phi) is 2.07. The standard InChI is InChI=1S/C11H9NO2/c13-11(14)10-7-6-9-5-3-1-2-4-8-12(9)10/h1-8H,(H,13,14). The molecule has 0 radical (unpaired) electrons. The molecule has 0 aromatic carbocycles. The molecule has 14 heavy (non-hydrogen) atoms. The van der Waals surface area contributed by atoms with Crippen molar-refractivity contribution in [3.63, 3.8) is 0 Å². The van der Waals surface area contributed by atoms with Crippen LogP contribution in [0.5, 0.6) is 0 Å². The van der Waals surface area contributed by atoms with Crippen LogP contribution in [0.25, 0.3) is 12.3 Å². The van der Waals surface area contributed by atoms with Gasteiger partial charge in [-0.15, -0.1) is 0 Å². The van der Waals surface area contributed by atoms with E-state index in [1.807, 2.05) is 24.3 Å². The molecule has 3 nitrogen and oxygen atoms in total. The van der Waals surface area contributed by atoms with Gasteiger partial charge in [-0.05, 0) is 24.3 Å². The number of hydrogen-bond donors (Lipinski definition) is 1. The van der Waals surface area contributed by atoms with E-state index in [9.17, 15) is 4.79 Å². The maximum Gasteiger partial charge on any atom is 0.352 e. The zero-order valence-corrected chi connectivity index (χ0v) is 7.42. The Hall–Kier alpha value is -2.03. The normalized spacial score (nSPS) is 13.4. The number of carbonyl (C=O) groups is 1. The number of rotatable bonds is 1. The van der Waals surface area contributed by atoms with E-state index in [1.165, 1.54) is 0 Å². The third-order valence-corrected chi connectivity index (χ3v) is 2.00. The summed E-state index contributed by atoms with van der Waals surface area (Å²) in [6.45, 7) is 0. The molecular weight excluding hydrogens is 178 g/mol. The molecule has 0 saturated carbocycles. The minimum Gasteiger partial charge on any atom is -0.477 e. The summed E-state index contributed by atoms with van der Waals surface area (Å²) in [5, 5.41) is 8.90. The summed E-state index contributed by atoms with van der Waals surface area (Å²) in [5.74, 6) is -0.918. The van der Waals surface area contributed by atoms with Crippen molar-refractivity contribution in [2.24, 2.45) is 0 Å². The molecule has 70 valence electrons. The van der Waals surface area contributed by atoms with Crippen molar-refractivity contribution in [1.29, 1.82) is 0 Å². The number of hydrogen-bond acceptors (Lipinski definition) is 1. The highest BCUT2D eigenvalue weighted by Crippen LogP contribution is 2.13. The van der Waals surface area contributed by atoms with Gasteiger partial charge in [0.05, 0.1) is 0 Å². The molecule has 0 bridgehead atoms. The molecule has 0 fully saturated rings. The lowest BCUT2D eigenvalue weighted by Gasteiger charge is -2.03. The highest BCUT2D eigenvalue weighted by molar-refractivity contribution is 5.87. The van der Waals surface area contributed by atoms with Crippen LogP contribution in [0, 0.1) is 0 Å². The molecule has 1 N–H and O–H groups in total. The van der Waals surface area contributed by atoms with Gasteiger partial charge < -0.3 is 9.67 Å². The summed E-state index contributed by atoms with van der Waals surface area (Å²) >= 11 is 0. The third kappa shape index (κ3) is 1.40. The molecule has 1 aromatic rings. The molecule has 1 aromatic heterocycles. The van der Waals surface area contributed by atoms with Crippen LogP contribution < -0.4 is 0 Å². The largest absolute Gasteiger partial charge is 0.477 e. The average molecular weight is 187 g/mol. The Balaban J connectivity index is 2.57. The summed E-state index contributed by atoms with van der Waals surface area (Å²) in [6.07, 6.45) is 11.0. The minimum atomic E-state index is -0.918. The second kappa shape index (κ2) is 3.38. The lowest BCUT2D eigenvalue weighted by molar-refractivity contribution is 0.0689. The van der Waals surface area contributed by atoms with Crippen molar-refractivity contribution in [2.75, 3.05) is 0 Å². The van der Waals surface area contributed by atoms with Crippen LogP contribution in [0.4, 0.5) is 0 Å². The molecule has 0 atom stereocenters. The molecule has 2 rings (SSSR count). The molecular formula is C11H9NO2. The van der Waals surface area contributed by atoms with Gasteiger partial charge in [0.1, 0.15) is 5.69 Å². The van der Waals surface area contributed by atoms with Gasteiger partial charge in [-0.1, -0.05) is 18.2 Å². The Labute approximate surface area is 81.3 Å². The van der Waals surface area contributed by atoms with Crippen LogP contribution in [-0.4, -0.2) is 15.6 Å². The fourth-order valence-corrected chi connectivity index (χ4v) is 1.36. The van der Waals surface area contributed by atoms with E-state index in [2.05, 4.69) is 0 Å². The second-order valence-corrected chi connectivity index (χ2v) is 2.90. The van der Waals surface area contributed by atoms with Crippen LogP contribution in [-0.2, 0) is 0 Å². The topological polar surface area (TPSA) is 42.2 Å². The van der Waals surface area contributed by atoms with E-state index in [-0.39, 0.29) is 5.69 Å². The predicted octanol–water partition coefficient (Wildman–Crippen LogP) is 2.24. The zero-order valence-electron chi connectivity index (χ0n) is 7.42. The van der Waals surface area contributed by atoms with Gasteiger partial charge in [-0.3, -0.25) is 0 Å². The van der Waals surface area contributed by atoms with Crippen molar-refractivity contribution in [1.82, 2.24) is 4.57 Å². The van der Waals surface area contributed by atoms with E-state index in [1.54, 1.807) is 29.0 Å². The van der Waals surface area contributed by atoms with Crippen molar-refractivity contribution in [3.8, 4) is 0 Å². The number of carboxylic acids is 1. The maximum absolute atomic E-state index is 10.8. The van der Waals surface area contributed by atoms with Crippen molar-refractivity contribution < 1.29 is 9.90 Å². The molecule has 0 amide bonds. The lowest BCUT2D eigenvalue weighted by atomic mass is 10.3. The van der Waals surface area contributed by atoms with Crippen LogP contribution >= 0.6 is 0 Å². The molecule has 0 saturated heterocycles. The first-order valence-corrected chi connectivity index (χ1v) is 4.25. The maximum atomic E-state index is 10.8. The molecule has 1 aliphatic heterocycles. The van der Waals surface area contributed by atoms with E-state index in [0.29, 0.717) is 0 Å². The van der Waals surface area contributed by atoms with Gasteiger partial charge in [-0.25, -0.2) is 4.79 Å². The molecule has 1 aliphatic rings. The Morgan fingerprint density at radius 1 is 1.14 bits per heavy atom. The Morgan fingerprint density at radius 3 is 2.71 bits per heavy atom. The molecule has 3 heteroatoms. The molecule has 0 aliphatic carbocycles. The van der Waals surface area contributed by atoms with Crippen LogP contribution in [0.3, 0.4) is 0 Å². The van der Waals surface area contributed by atoms with E-state index in [4.69, 9.17) is 5.11 Å². The van der Waals surface area contributed by atoms with Crippen LogP contribution in [0.2, 0.25) is 0 Å². The van der Waals surface area contributed by atoms with Gasteiger partial charge in [0, 0.05) is 11.9 Å². The molecule has 2 heterocycles. The Morgan fingerprint density at radius 2 is 1.93 bits per heavy atom. The summed E-state index contributed by atoms with van der Waals surface area (Å²) in [7, 11) is 0. The first-order valence-electron chi connectivity index (χ1n) is 4.25. The molecule has 0 spiro atoms. The average Bonchev–Trinajstić information content (AvgIpc) is 2.47. The van der Waals surface area contributed by atoms with Crippen molar-refractivity contribution in [3.05, 3.63) is 47.8 Å². The number of allylic oxidation sites excluding steroid dienone is 4. The zero-order chi connectivity index (χ0) is 9.97. The first kappa shape index (κ1) is 8.56. The van der Waals surface area contributed by atoms with Crippen molar-refractivity contribution >= 4 is 18.2 Å².